The number of hydrogen-bond donors (Lipinski definition) is 4. The Labute approximate surface area is 284 Å². The molecule has 4 aliphatic carbocycles. The van der Waals surface area contributed by atoms with Crippen LogP contribution in [0, 0.1) is 35.5 Å². The fourth-order valence-electron chi connectivity index (χ4n) is 7.71. The number of carbonyl (C=O) groups is 2. The van der Waals surface area contributed by atoms with Gasteiger partial charge in [0.25, 0.3) is 0 Å². The van der Waals surface area contributed by atoms with Crippen molar-refractivity contribution in [1.82, 2.24) is 10.8 Å². The van der Waals surface area contributed by atoms with Gasteiger partial charge in [-0.1, -0.05) is 0 Å². The molecule has 248 valence electrons. The highest BCUT2D eigenvalue weighted by Crippen LogP contribution is 2.41. The zero-order chi connectivity index (χ0) is 31.3. The lowest BCUT2D eigenvalue weighted by Gasteiger charge is -2.40. The number of hydrogen-bond acceptors (Lipinski definition) is 6. The van der Waals surface area contributed by atoms with Gasteiger partial charge >= 0.3 is 5.97 Å². The molecule has 0 aromatic carbocycles. The van der Waals surface area contributed by atoms with E-state index in [1.165, 1.54) is 0 Å². The first-order chi connectivity index (χ1) is 20.5. The van der Waals surface area contributed by atoms with Crippen LogP contribution in [0.1, 0.15) is 70.6 Å². The van der Waals surface area contributed by atoms with Crippen LogP contribution in [0.3, 0.4) is 0 Å². The molecule has 0 aromatic rings. The number of carboxylic acid groups (broad SMARTS) is 1. The molecule has 14 unspecified atom stereocenters. The van der Waals surface area contributed by atoms with Crippen LogP contribution in [0.15, 0.2) is 0 Å². The highest BCUT2D eigenvalue weighted by Gasteiger charge is 2.47. The standard InChI is InChI=1S/C29H44Cl6N2O6/c30-18-3-4-19(31)17(13-43-41)16(18)12-42-37-25-8-2-15(11-23(25)35)9-14-1-7-24(22(34)10-14)36-28(38)26-20(32)5-6-21(33)27(26)29(39)40/h14-27,37,41H,1-13H2,(H,36,38)(H,39,40). The Morgan fingerprint density at radius 2 is 1.16 bits per heavy atom. The third kappa shape index (κ3) is 9.55. The molecule has 0 bridgehead atoms. The number of halogens is 6. The molecule has 0 spiro atoms. The Bertz CT molecular complexity index is 925. The van der Waals surface area contributed by atoms with Gasteiger partial charge in [-0.05, 0) is 82.5 Å². The summed E-state index contributed by atoms with van der Waals surface area (Å²) in [5.41, 5.74) is 3.16. The maximum Gasteiger partial charge on any atom is 0.308 e. The second-order valence-electron chi connectivity index (χ2n) is 13.0. The Kier molecular flexibility index (Phi) is 14.4. The summed E-state index contributed by atoms with van der Waals surface area (Å²) in [5.74, 6) is -2.57. The Morgan fingerprint density at radius 1 is 0.651 bits per heavy atom. The van der Waals surface area contributed by atoms with Crippen LogP contribution in [0.2, 0.25) is 0 Å². The van der Waals surface area contributed by atoms with Crippen molar-refractivity contribution < 1.29 is 29.7 Å². The van der Waals surface area contributed by atoms with E-state index in [0.29, 0.717) is 31.3 Å². The van der Waals surface area contributed by atoms with Gasteiger partial charge in [-0.2, -0.15) is 5.48 Å². The lowest BCUT2D eigenvalue weighted by Crippen LogP contribution is -2.53. The molecule has 4 rings (SSSR count). The van der Waals surface area contributed by atoms with E-state index in [0.717, 1.165) is 57.8 Å². The van der Waals surface area contributed by atoms with E-state index in [-0.39, 0.29) is 57.9 Å². The predicted molar refractivity (Wildman–Crippen MR) is 171 cm³/mol. The van der Waals surface area contributed by atoms with Gasteiger partial charge in [-0.15, -0.1) is 69.6 Å². The molecule has 4 aliphatic rings. The minimum absolute atomic E-state index is 0.0223. The molecule has 14 atom stereocenters. The van der Waals surface area contributed by atoms with Crippen molar-refractivity contribution in [2.24, 2.45) is 35.5 Å². The van der Waals surface area contributed by atoms with Crippen LogP contribution >= 0.6 is 69.6 Å². The highest BCUT2D eigenvalue weighted by molar-refractivity contribution is 6.25. The smallest absolute Gasteiger partial charge is 0.308 e. The van der Waals surface area contributed by atoms with Crippen molar-refractivity contribution in [2.75, 3.05) is 13.2 Å². The maximum absolute atomic E-state index is 13.2. The van der Waals surface area contributed by atoms with Crippen LogP contribution in [-0.2, 0) is 19.3 Å². The molecule has 0 aliphatic heterocycles. The summed E-state index contributed by atoms with van der Waals surface area (Å²) in [6, 6.07) is -0.208. The highest BCUT2D eigenvalue weighted by atomic mass is 35.5. The van der Waals surface area contributed by atoms with E-state index in [2.05, 4.69) is 15.7 Å². The molecule has 4 fully saturated rings. The quantitative estimate of drug-likeness (QED) is 0.107. The summed E-state index contributed by atoms with van der Waals surface area (Å²) >= 11 is 39.3. The number of amides is 1. The monoisotopic (exact) mass is 726 g/mol. The molecule has 4 N–H and O–H groups in total. The number of alkyl halides is 6. The summed E-state index contributed by atoms with van der Waals surface area (Å²) in [6.07, 6.45) is 8.79. The molecular formula is C29H44Cl6N2O6. The third-order valence-corrected chi connectivity index (χ3v) is 13.2. The number of carbonyl (C=O) groups excluding carboxylic acids is 1. The summed E-state index contributed by atoms with van der Waals surface area (Å²) in [4.78, 5) is 35.3. The first kappa shape index (κ1) is 36.4. The van der Waals surface area contributed by atoms with Crippen LogP contribution in [-0.4, -0.2) is 79.8 Å². The molecule has 0 heterocycles. The number of hydroxylamine groups is 1. The number of aliphatic carboxylic acids is 1. The molecule has 43 heavy (non-hydrogen) atoms. The van der Waals surface area contributed by atoms with Crippen LogP contribution in [0.25, 0.3) is 0 Å². The van der Waals surface area contributed by atoms with E-state index in [9.17, 15) is 14.7 Å². The van der Waals surface area contributed by atoms with Crippen molar-refractivity contribution >= 4 is 81.5 Å². The van der Waals surface area contributed by atoms with Crippen LogP contribution < -0.4 is 10.8 Å². The number of carboxylic acids is 1. The number of rotatable bonds is 11. The van der Waals surface area contributed by atoms with E-state index in [1.807, 2.05) is 0 Å². The fraction of sp³-hybridized carbons (Fsp3) is 0.931. The molecule has 8 nitrogen and oxygen atoms in total. The zero-order valence-electron chi connectivity index (χ0n) is 24.1. The second-order valence-corrected chi connectivity index (χ2v) is 16.4. The topological polar surface area (TPSA) is 117 Å². The lowest BCUT2D eigenvalue weighted by atomic mass is 9.75. The van der Waals surface area contributed by atoms with Crippen LogP contribution in [0.4, 0.5) is 0 Å². The predicted octanol–water partition coefficient (Wildman–Crippen LogP) is 6.62. The maximum atomic E-state index is 13.2. The average molecular weight is 729 g/mol. The molecule has 0 aromatic heterocycles. The lowest BCUT2D eigenvalue weighted by molar-refractivity contribution is -0.256. The molecular weight excluding hydrogens is 685 g/mol. The minimum atomic E-state index is -1.09. The molecule has 1 amide bonds. The zero-order valence-corrected chi connectivity index (χ0v) is 28.6. The SMILES string of the molecule is O=C(O)C1C(Cl)CCC(Cl)C1C(=O)NC1CCC(CC2CCC(NOCC3C(Cl)CCC(Cl)C3COO)C(Cl)C2)CC1Cl. The fourth-order valence-corrected chi connectivity index (χ4v) is 10.1. The van der Waals surface area contributed by atoms with Gasteiger partial charge < -0.3 is 15.3 Å². The van der Waals surface area contributed by atoms with E-state index < -0.39 is 28.6 Å². The molecule has 0 radical (unpaired) electrons. The molecule has 0 saturated heterocycles. The van der Waals surface area contributed by atoms with E-state index in [1.54, 1.807) is 0 Å². The second kappa shape index (κ2) is 17.1. The van der Waals surface area contributed by atoms with Crippen molar-refractivity contribution in [3.8, 4) is 0 Å². The Hall–Kier alpha value is 0.520. The average Bonchev–Trinajstić information content (AvgIpc) is 2.95. The van der Waals surface area contributed by atoms with E-state index in [4.69, 9.17) is 79.7 Å². The Balaban J connectivity index is 1.19. The summed E-state index contributed by atoms with van der Waals surface area (Å²) < 4.78 is 0. The van der Waals surface area contributed by atoms with Gasteiger partial charge in [-0.3, -0.25) is 14.8 Å². The van der Waals surface area contributed by atoms with Gasteiger partial charge in [0.2, 0.25) is 5.91 Å². The number of nitrogens with one attached hydrogen (secondary N) is 2. The summed E-state index contributed by atoms with van der Waals surface area (Å²) in [7, 11) is 0. The van der Waals surface area contributed by atoms with E-state index >= 15 is 0 Å². The van der Waals surface area contributed by atoms with Crippen molar-refractivity contribution in [3.63, 3.8) is 0 Å². The van der Waals surface area contributed by atoms with Gasteiger partial charge in [0, 0.05) is 45.4 Å². The Morgan fingerprint density at radius 3 is 1.70 bits per heavy atom. The summed E-state index contributed by atoms with van der Waals surface area (Å²) in [5, 5.41) is 19.9. The first-order valence-electron chi connectivity index (χ1n) is 15.5. The van der Waals surface area contributed by atoms with Gasteiger partial charge in [0.05, 0.1) is 35.8 Å². The minimum Gasteiger partial charge on any atom is -0.481 e. The third-order valence-electron chi connectivity index (χ3n) is 10.2. The first-order valence-corrected chi connectivity index (χ1v) is 18.1. The normalized spacial score (nSPS) is 44.1. The molecule has 4 saturated carbocycles. The largest absolute Gasteiger partial charge is 0.481 e. The molecule has 14 heteroatoms. The van der Waals surface area contributed by atoms with Crippen molar-refractivity contribution in [1.29, 1.82) is 0 Å². The van der Waals surface area contributed by atoms with Crippen LogP contribution in [0.5, 0.6) is 0 Å². The summed E-state index contributed by atoms with van der Waals surface area (Å²) in [6.45, 7) is 0.488. The van der Waals surface area contributed by atoms with Crippen molar-refractivity contribution in [2.45, 2.75) is 115 Å². The van der Waals surface area contributed by atoms with Crippen molar-refractivity contribution in [3.05, 3.63) is 0 Å². The van der Waals surface area contributed by atoms with Gasteiger partial charge in [0.15, 0.2) is 0 Å². The van der Waals surface area contributed by atoms with Gasteiger partial charge in [0.1, 0.15) is 0 Å². The van der Waals surface area contributed by atoms with Gasteiger partial charge in [-0.25, -0.2) is 4.89 Å².